The van der Waals surface area contributed by atoms with Crippen LogP contribution in [-0.2, 0) is 16.6 Å². The predicted molar refractivity (Wildman–Crippen MR) is 144 cm³/mol. The minimum absolute atomic E-state index is 0.0360. The van der Waals surface area contributed by atoms with Crippen molar-refractivity contribution in [1.29, 1.82) is 0 Å². The third-order valence-corrected chi connectivity index (χ3v) is 9.26. The molecule has 1 N–H and O–H groups in total. The number of fused-ring (bicyclic) bond motifs is 1. The maximum absolute atomic E-state index is 15.1. The van der Waals surface area contributed by atoms with Crippen molar-refractivity contribution in [2.45, 2.75) is 49.2 Å². The summed E-state index contributed by atoms with van der Waals surface area (Å²) < 4.78 is 43.7. The monoisotopic (exact) mass is 556 g/mol. The van der Waals surface area contributed by atoms with Crippen molar-refractivity contribution in [3.63, 3.8) is 0 Å². The van der Waals surface area contributed by atoms with Crippen LogP contribution in [0.15, 0.2) is 65.8 Å². The van der Waals surface area contributed by atoms with Gasteiger partial charge in [0.2, 0.25) is 10.0 Å². The van der Waals surface area contributed by atoms with Gasteiger partial charge in [0.15, 0.2) is 0 Å². The van der Waals surface area contributed by atoms with E-state index in [0.717, 1.165) is 36.8 Å². The highest BCUT2D eigenvalue weighted by atomic mass is 35.5. The van der Waals surface area contributed by atoms with Gasteiger partial charge < -0.3 is 5.32 Å². The van der Waals surface area contributed by atoms with Crippen LogP contribution in [0.1, 0.15) is 31.2 Å². The molecule has 0 spiro atoms. The lowest BCUT2D eigenvalue weighted by Gasteiger charge is -2.23. The van der Waals surface area contributed by atoms with Gasteiger partial charge in [-0.3, -0.25) is 0 Å². The van der Waals surface area contributed by atoms with E-state index in [1.807, 2.05) is 30.3 Å². The Balaban J connectivity index is 1.34. The SMILES string of the molecule is O=S(=O)(c1ccc(Cl)cc1Cl)N(Cc1cccc(-c2cc(F)c3ncnc(NC4CC4)c3c2)c1)C1CC1. The summed E-state index contributed by atoms with van der Waals surface area (Å²) in [6, 6.07) is 15.5. The summed E-state index contributed by atoms with van der Waals surface area (Å²) in [4.78, 5) is 8.51. The summed E-state index contributed by atoms with van der Waals surface area (Å²) in [7, 11) is -3.85. The van der Waals surface area contributed by atoms with Crippen molar-refractivity contribution in [3.05, 3.63) is 82.4 Å². The molecule has 190 valence electrons. The number of nitrogens with one attached hydrogen (secondary N) is 1. The highest BCUT2D eigenvalue weighted by Crippen LogP contribution is 2.37. The van der Waals surface area contributed by atoms with Gasteiger partial charge in [0.1, 0.15) is 28.4 Å². The lowest BCUT2D eigenvalue weighted by Crippen LogP contribution is -2.32. The van der Waals surface area contributed by atoms with Crippen LogP contribution in [-0.4, -0.2) is 34.8 Å². The molecule has 1 aromatic heterocycles. The number of halogens is 3. The molecule has 4 aromatic rings. The normalized spacial score (nSPS) is 15.9. The molecule has 3 aromatic carbocycles. The molecule has 37 heavy (non-hydrogen) atoms. The number of anilines is 1. The molecule has 0 radical (unpaired) electrons. The maximum Gasteiger partial charge on any atom is 0.245 e. The number of rotatable bonds is 8. The van der Waals surface area contributed by atoms with E-state index >= 15 is 4.39 Å². The van der Waals surface area contributed by atoms with E-state index in [4.69, 9.17) is 23.2 Å². The van der Waals surface area contributed by atoms with Gasteiger partial charge >= 0.3 is 0 Å². The van der Waals surface area contributed by atoms with Crippen LogP contribution in [0.25, 0.3) is 22.0 Å². The average molecular weight is 557 g/mol. The summed E-state index contributed by atoms with van der Waals surface area (Å²) in [6.45, 7) is 0.174. The molecule has 2 aliphatic carbocycles. The van der Waals surface area contributed by atoms with E-state index in [1.165, 1.54) is 34.9 Å². The number of hydrogen-bond acceptors (Lipinski definition) is 5. The lowest BCUT2D eigenvalue weighted by atomic mass is 10.0. The fourth-order valence-electron chi connectivity index (χ4n) is 4.44. The van der Waals surface area contributed by atoms with Crippen LogP contribution in [0.5, 0.6) is 0 Å². The van der Waals surface area contributed by atoms with Crippen molar-refractivity contribution >= 4 is 49.9 Å². The Morgan fingerprint density at radius 3 is 2.51 bits per heavy atom. The summed E-state index contributed by atoms with van der Waals surface area (Å²) in [5.74, 6) is 0.189. The van der Waals surface area contributed by atoms with Crippen molar-refractivity contribution in [3.8, 4) is 11.1 Å². The second kappa shape index (κ2) is 9.51. The molecular formula is C27H23Cl2FN4O2S. The van der Waals surface area contributed by atoms with Crippen LogP contribution in [0.4, 0.5) is 10.2 Å². The minimum Gasteiger partial charge on any atom is -0.367 e. The zero-order valence-electron chi connectivity index (χ0n) is 19.7. The Morgan fingerprint density at radius 2 is 1.78 bits per heavy atom. The zero-order chi connectivity index (χ0) is 25.7. The molecule has 1 heterocycles. The van der Waals surface area contributed by atoms with E-state index in [2.05, 4.69) is 15.3 Å². The van der Waals surface area contributed by atoms with E-state index in [-0.39, 0.29) is 28.0 Å². The fraction of sp³-hybridized carbons (Fsp3) is 0.259. The van der Waals surface area contributed by atoms with Crippen LogP contribution in [0, 0.1) is 5.82 Å². The number of benzene rings is 3. The summed E-state index contributed by atoms with van der Waals surface area (Å²) in [6.07, 6.45) is 5.08. The number of aromatic nitrogens is 2. The van der Waals surface area contributed by atoms with Crippen LogP contribution in [0.3, 0.4) is 0 Å². The Morgan fingerprint density at radius 1 is 0.973 bits per heavy atom. The molecule has 0 aliphatic heterocycles. The first-order chi connectivity index (χ1) is 17.8. The van der Waals surface area contributed by atoms with Gasteiger partial charge in [0.05, 0.1) is 5.02 Å². The highest BCUT2D eigenvalue weighted by molar-refractivity contribution is 7.89. The van der Waals surface area contributed by atoms with E-state index in [0.29, 0.717) is 27.8 Å². The Hall–Kier alpha value is -2.78. The fourth-order valence-corrected chi connectivity index (χ4v) is 6.86. The predicted octanol–water partition coefficient (Wildman–Crippen LogP) is 6.67. The number of hydrogen-bond donors (Lipinski definition) is 1. The maximum atomic E-state index is 15.1. The molecule has 0 saturated heterocycles. The molecule has 2 saturated carbocycles. The second-order valence-corrected chi connectivity index (χ2v) is 12.3. The van der Waals surface area contributed by atoms with Gasteiger partial charge in [-0.15, -0.1) is 0 Å². The van der Waals surface area contributed by atoms with Gasteiger partial charge in [-0.2, -0.15) is 4.31 Å². The number of nitrogens with zero attached hydrogens (tertiary/aromatic N) is 3. The van der Waals surface area contributed by atoms with Crippen LogP contribution >= 0.6 is 23.2 Å². The van der Waals surface area contributed by atoms with E-state index in [9.17, 15) is 8.42 Å². The Bertz CT molecular complexity index is 1620. The smallest absolute Gasteiger partial charge is 0.245 e. The molecule has 0 bridgehead atoms. The molecule has 0 unspecified atom stereocenters. The molecule has 6 rings (SSSR count). The van der Waals surface area contributed by atoms with Gasteiger partial charge in [-0.25, -0.2) is 22.8 Å². The van der Waals surface area contributed by atoms with Crippen LogP contribution < -0.4 is 5.32 Å². The molecule has 2 aliphatic rings. The zero-order valence-corrected chi connectivity index (χ0v) is 22.0. The van der Waals surface area contributed by atoms with E-state index < -0.39 is 15.8 Å². The van der Waals surface area contributed by atoms with Gasteiger partial charge in [0, 0.05) is 29.0 Å². The second-order valence-electron chi connectivity index (χ2n) is 9.55. The molecule has 2 fully saturated rings. The lowest BCUT2D eigenvalue weighted by molar-refractivity contribution is 0.398. The van der Waals surface area contributed by atoms with Crippen LogP contribution in [0.2, 0.25) is 10.0 Å². The van der Waals surface area contributed by atoms with Gasteiger partial charge in [-0.1, -0.05) is 41.4 Å². The summed E-state index contributed by atoms with van der Waals surface area (Å²) >= 11 is 12.2. The standard InChI is InChI=1S/C27H23Cl2FN4O2S/c28-19-4-9-25(23(29)13-19)37(35,36)34(21-7-8-21)14-16-2-1-3-17(10-16)18-11-22-26(24(30)12-18)31-15-32-27(22)33-20-5-6-20/h1-4,9-13,15,20-21H,5-8,14H2,(H,31,32,33). The third-order valence-electron chi connectivity index (χ3n) is 6.64. The number of sulfonamides is 1. The first-order valence-electron chi connectivity index (χ1n) is 12.1. The van der Waals surface area contributed by atoms with Gasteiger partial charge in [-0.05, 0) is 78.8 Å². The Labute approximate surface area is 224 Å². The van der Waals surface area contributed by atoms with Crippen molar-refractivity contribution in [2.75, 3.05) is 5.32 Å². The topological polar surface area (TPSA) is 75.2 Å². The molecule has 10 heteroatoms. The quantitative estimate of drug-likeness (QED) is 0.262. The first-order valence-corrected chi connectivity index (χ1v) is 14.3. The molecule has 6 nitrogen and oxygen atoms in total. The van der Waals surface area contributed by atoms with Crippen molar-refractivity contribution in [1.82, 2.24) is 14.3 Å². The third kappa shape index (κ3) is 5.03. The highest BCUT2D eigenvalue weighted by Gasteiger charge is 2.39. The van der Waals surface area contributed by atoms with E-state index in [1.54, 1.807) is 0 Å². The van der Waals surface area contributed by atoms with Crippen molar-refractivity contribution in [2.24, 2.45) is 0 Å². The molecule has 0 atom stereocenters. The summed E-state index contributed by atoms with van der Waals surface area (Å²) in [5, 5.41) is 4.44. The largest absolute Gasteiger partial charge is 0.367 e. The van der Waals surface area contributed by atoms with Crippen molar-refractivity contribution < 1.29 is 12.8 Å². The summed E-state index contributed by atoms with van der Waals surface area (Å²) in [5.41, 5.74) is 2.50. The minimum atomic E-state index is -3.85. The Kier molecular flexibility index (Phi) is 6.31. The van der Waals surface area contributed by atoms with Gasteiger partial charge in [0.25, 0.3) is 0 Å². The molecular weight excluding hydrogens is 534 g/mol. The average Bonchev–Trinajstić information content (AvgIpc) is 3.78. The first kappa shape index (κ1) is 24.6. The molecule has 0 amide bonds.